The number of aromatic nitrogens is 1. The molecule has 0 saturated heterocycles. The van der Waals surface area contributed by atoms with Crippen LogP contribution < -0.4 is 0 Å². The van der Waals surface area contributed by atoms with Crippen molar-refractivity contribution in [3.05, 3.63) is 35.5 Å². The summed E-state index contributed by atoms with van der Waals surface area (Å²) in [5, 5.41) is 1.41. The third kappa shape index (κ3) is 2.89. The minimum atomic E-state index is 1.00. The van der Waals surface area contributed by atoms with Crippen molar-refractivity contribution in [2.24, 2.45) is 7.05 Å². The van der Waals surface area contributed by atoms with Crippen molar-refractivity contribution in [2.75, 3.05) is 14.1 Å². The van der Waals surface area contributed by atoms with E-state index in [1.165, 1.54) is 22.0 Å². The lowest BCUT2D eigenvalue weighted by Gasteiger charge is -2.08. The fourth-order valence-electron chi connectivity index (χ4n) is 2.19. The Morgan fingerprint density at radius 2 is 1.82 bits per heavy atom. The second kappa shape index (κ2) is 5.87. The summed E-state index contributed by atoms with van der Waals surface area (Å²) in [7, 11) is 6.33. The fourth-order valence-corrected chi connectivity index (χ4v) is 2.19. The highest BCUT2D eigenvalue weighted by atomic mass is 15.1. The molecule has 2 rings (SSSR count). The van der Waals surface area contributed by atoms with Crippen molar-refractivity contribution in [1.29, 1.82) is 0 Å². The van der Waals surface area contributed by atoms with Crippen LogP contribution in [0.15, 0.2) is 24.4 Å². The van der Waals surface area contributed by atoms with E-state index in [1.807, 2.05) is 13.8 Å². The average molecular weight is 232 g/mol. The van der Waals surface area contributed by atoms with Gasteiger partial charge in [0, 0.05) is 30.7 Å². The van der Waals surface area contributed by atoms with Crippen molar-refractivity contribution in [1.82, 2.24) is 9.47 Å². The molecule has 0 aliphatic carbocycles. The van der Waals surface area contributed by atoms with Crippen LogP contribution in [0, 0.1) is 6.92 Å². The number of benzene rings is 1. The van der Waals surface area contributed by atoms with Crippen molar-refractivity contribution in [3.63, 3.8) is 0 Å². The third-order valence-corrected chi connectivity index (χ3v) is 2.79. The van der Waals surface area contributed by atoms with E-state index >= 15 is 0 Å². The molecule has 1 aromatic heterocycles. The van der Waals surface area contributed by atoms with Gasteiger partial charge >= 0.3 is 0 Å². The molecule has 0 bridgehead atoms. The summed E-state index contributed by atoms with van der Waals surface area (Å²) >= 11 is 0. The number of hydrogen-bond acceptors (Lipinski definition) is 1. The van der Waals surface area contributed by atoms with Gasteiger partial charge in [-0.25, -0.2) is 0 Å². The van der Waals surface area contributed by atoms with Crippen LogP contribution in [0.5, 0.6) is 0 Å². The Labute approximate surface area is 105 Å². The van der Waals surface area contributed by atoms with Gasteiger partial charge in [0.2, 0.25) is 0 Å². The summed E-state index contributed by atoms with van der Waals surface area (Å²) in [5.74, 6) is 0. The Kier molecular flexibility index (Phi) is 4.76. The second-order valence-corrected chi connectivity index (χ2v) is 4.47. The summed E-state index contributed by atoms with van der Waals surface area (Å²) in [6.07, 6.45) is 2.23. The Bertz CT molecular complexity index is 481. The Hall–Kier alpha value is -1.28. The van der Waals surface area contributed by atoms with Gasteiger partial charge in [-0.1, -0.05) is 26.0 Å². The van der Waals surface area contributed by atoms with E-state index < -0.39 is 0 Å². The molecule has 94 valence electrons. The van der Waals surface area contributed by atoms with Gasteiger partial charge in [0.05, 0.1) is 0 Å². The van der Waals surface area contributed by atoms with E-state index in [9.17, 15) is 0 Å². The molecule has 0 spiro atoms. The SMILES string of the molecule is CC.Cc1cccc2c1c(CN(C)C)cn2C. The zero-order chi connectivity index (χ0) is 13.0. The number of aryl methyl sites for hydroxylation is 2. The largest absolute Gasteiger partial charge is 0.350 e. The topological polar surface area (TPSA) is 8.17 Å². The van der Waals surface area contributed by atoms with E-state index in [0.717, 1.165) is 6.54 Å². The van der Waals surface area contributed by atoms with E-state index in [4.69, 9.17) is 0 Å². The zero-order valence-corrected chi connectivity index (χ0v) is 11.9. The maximum atomic E-state index is 2.23. The maximum Gasteiger partial charge on any atom is 0.0483 e. The molecule has 2 aromatic rings. The fraction of sp³-hybridized carbons (Fsp3) is 0.467. The molecule has 0 N–H and O–H groups in total. The molecule has 17 heavy (non-hydrogen) atoms. The van der Waals surface area contributed by atoms with Crippen molar-refractivity contribution in [2.45, 2.75) is 27.3 Å². The molecule has 2 heteroatoms. The van der Waals surface area contributed by atoms with Crippen molar-refractivity contribution < 1.29 is 0 Å². The summed E-state index contributed by atoms with van der Waals surface area (Å²) in [6.45, 7) is 7.18. The molecule has 0 radical (unpaired) electrons. The van der Waals surface area contributed by atoms with Gasteiger partial charge in [0.1, 0.15) is 0 Å². The van der Waals surface area contributed by atoms with Gasteiger partial charge in [0.15, 0.2) is 0 Å². The van der Waals surface area contributed by atoms with E-state index in [1.54, 1.807) is 0 Å². The molecule has 0 atom stereocenters. The van der Waals surface area contributed by atoms with Gasteiger partial charge in [-0.3, -0.25) is 0 Å². The predicted molar refractivity (Wildman–Crippen MR) is 76.4 cm³/mol. The van der Waals surface area contributed by atoms with Crippen LogP contribution in [0.2, 0.25) is 0 Å². The Balaban J connectivity index is 0.000000686. The summed E-state index contributed by atoms with van der Waals surface area (Å²) in [5.41, 5.74) is 4.10. The van der Waals surface area contributed by atoms with Gasteiger partial charge in [-0.2, -0.15) is 0 Å². The third-order valence-electron chi connectivity index (χ3n) is 2.79. The van der Waals surface area contributed by atoms with Crippen LogP contribution in [0.3, 0.4) is 0 Å². The summed E-state index contributed by atoms with van der Waals surface area (Å²) in [4.78, 5) is 2.21. The van der Waals surface area contributed by atoms with Crippen LogP contribution in [0.4, 0.5) is 0 Å². The number of rotatable bonds is 2. The quantitative estimate of drug-likeness (QED) is 0.768. The first-order chi connectivity index (χ1) is 8.09. The first-order valence-corrected chi connectivity index (χ1v) is 6.28. The molecule has 0 fully saturated rings. The monoisotopic (exact) mass is 232 g/mol. The van der Waals surface area contributed by atoms with E-state index in [-0.39, 0.29) is 0 Å². The number of hydrogen-bond donors (Lipinski definition) is 0. The zero-order valence-electron chi connectivity index (χ0n) is 11.9. The maximum absolute atomic E-state index is 2.23. The van der Waals surface area contributed by atoms with Crippen molar-refractivity contribution in [3.8, 4) is 0 Å². The molecule has 0 aliphatic rings. The highest BCUT2D eigenvalue weighted by Crippen LogP contribution is 2.24. The highest BCUT2D eigenvalue weighted by molar-refractivity contribution is 5.87. The number of fused-ring (bicyclic) bond motifs is 1. The Morgan fingerprint density at radius 3 is 2.41 bits per heavy atom. The van der Waals surface area contributed by atoms with Crippen LogP contribution in [0.1, 0.15) is 25.0 Å². The van der Waals surface area contributed by atoms with Gasteiger partial charge in [0.25, 0.3) is 0 Å². The molecular weight excluding hydrogens is 208 g/mol. The molecule has 2 nitrogen and oxygen atoms in total. The Morgan fingerprint density at radius 1 is 1.18 bits per heavy atom. The smallest absolute Gasteiger partial charge is 0.0483 e. The lowest BCUT2D eigenvalue weighted by Crippen LogP contribution is -2.10. The molecular formula is C15H24N2. The first kappa shape index (κ1) is 13.8. The van der Waals surface area contributed by atoms with Crippen LogP contribution in [-0.2, 0) is 13.6 Å². The van der Waals surface area contributed by atoms with Crippen molar-refractivity contribution >= 4 is 10.9 Å². The molecule has 0 amide bonds. The van der Waals surface area contributed by atoms with E-state index in [0.29, 0.717) is 0 Å². The lowest BCUT2D eigenvalue weighted by molar-refractivity contribution is 0.403. The normalized spacial score (nSPS) is 10.5. The molecule has 0 unspecified atom stereocenters. The van der Waals surface area contributed by atoms with Crippen LogP contribution >= 0.6 is 0 Å². The standard InChI is InChI=1S/C13H18N2.C2H6/c1-10-6-5-7-12-13(10)11(8-14(2)3)9-15(12)4;1-2/h5-7,9H,8H2,1-4H3;1-2H3. The van der Waals surface area contributed by atoms with Gasteiger partial charge in [-0.05, 0) is 38.2 Å². The van der Waals surface area contributed by atoms with E-state index in [2.05, 4.69) is 61.9 Å². The predicted octanol–water partition coefficient (Wildman–Crippen LogP) is 3.57. The molecule has 0 saturated carbocycles. The molecule has 1 aromatic carbocycles. The second-order valence-electron chi connectivity index (χ2n) is 4.47. The minimum Gasteiger partial charge on any atom is -0.350 e. The number of nitrogens with zero attached hydrogens (tertiary/aromatic N) is 2. The van der Waals surface area contributed by atoms with Crippen LogP contribution in [0.25, 0.3) is 10.9 Å². The molecule has 1 heterocycles. The summed E-state index contributed by atoms with van der Waals surface area (Å²) in [6, 6.07) is 6.49. The summed E-state index contributed by atoms with van der Waals surface area (Å²) < 4.78 is 2.21. The van der Waals surface area contributed by atoms with Gasteiger partial charge < -0.3 is 9.47 Å². The van der Waals surface area contributed by atoms with Gasteiger partial charge in [-0.15, -0.1) is 0 Å². The molecule has 0 aliphatic heterocycles. The minimum absolute atomic E-state index is 1.00. The highest BCUT2D eigenvalue weighted by Gasteiger charge is 2.08. The average Bonchev–Trinajstić information content (AvgIpc) is 2.59. The first-order valence-electron chi connectivity index (χ1n) is 6.28. The lowest BCUT2D eigenvalue weighted by atomic mass is 10.1. The van der Waals surface area contributed by atoms with Crippen LogP contribution in [-0.4, -0.2) is 23.6 Å².